The molecule has 0 fully saturated rings. The lowest BCUT2D eigenvalue weighted by Crippen LogP contribution is -2.22. The van der Waals surface area contributed by atoms with Crippen LogP contribution in [0, 0.1) is 0 Å². The third kappa shape index (κ3) is 6.59. The number of hydrogen-bond donors (Lipinski definition) is 0. The molecule has 0 N–H and O–H groups in total. The quantitative estimate of drug-likeness (QED) is 0.424. The van der Waals surface area contributed by atoms with Crippen LogP contribution < -0.4 is 0 Å². The monoisotopic (exact) mass is 187 g/mol. The van der Waals surface area contributed by atoms with E-state index in [0.29, 0.717) is 0 Å². The second kappa shape index (κ2) is 8.98. The van der Waals surface area contributed by atoms with Gasteiger partial charge in [0.05, 0.1) is 5.49 Å². The zero-order valence-electron chi connectivity index (χ0n) is 8.38. The van der Waals surface area contributed by atoms with Crippen molar-refractivity contribution in [3.63, 3.8) is 0 Å². The first-order valence-electron chi connectivity index (χ1n) is 5.04. The molecule has 1 nitrogen and oxygen atoms in total. The fourth-order valence-electron chi connectivity index (χ4n) is 1.25. The Bertz CT molecular complexity index is 104. The average molecular weight is 187 g/mol. The molecule has 72 valence electrons. The molecule has 0 amide bonds. The summed E-state index contributed by atoms with van der Waals surface area (Å²) in [5.74, 6) is 0. The van der Waals surface area contributed by atoms with Gasteiger partial charge in [0.2, 0.25) is 0 Å². The second-order valence-corrected chi connectivity index (χ2v) is 3.41. The molecule has 0 aliphatic heterocycles. The summed E-state index contributed by atoms with van der Waals surface area (Å²) in [7, 11) is 0. The van der Waals surface area contributed by atoms with Crippen LogP contribution in [-0.4, -0.2) is 23.5 Å². The molecule has 0 spiro atoms. The molecule has 0 heterocycles. The van der Waals surface area contributed by atoms with Crippen LogP contribution >= 0.6 is 12.2 Å². The van der Waals surface area contributed by atoms with E-state index in [0.717, 1.165) is 13.1 Å². The highest BCUT2D eigenvalue weighted by molar-refractivity contribution is 7.78. The Hall–Kier alpha value is -0.110. The molecule has 0 radical (unpaired) electrons. The third-order valence-electron chi connectivity index (χ3n) is 1.96. The minimum atomic E-state index is 1.12. The van der Waals surface area contributed by atoms with Gasteiger partial charge in [0.25, 0.3) is 0 Å². The molecule has 0 saturated carbocycles. The summed E-state index contributed by atoms with van der Waals surface area (Å²) in [6.07, 6.45) is 6.50. The van der Waals surface area contributed by atoms with Gasteiger partial charge < -0.3 is 4.90 Å². The van der Waals surface area contributed by atoms with E-state index in [9.17, 15) is 0 Å². The summed E-state index contributed by atoms with van der Waals surface area (Å²) in [6.45, 7) is 6.70. The predicted octanol–water partition coefficient (Wildman–Crippen LogP) is 3.24. The Morgan fingerprint density at radius 2 is 1.75 bits per heavy atom. The van der Waals surface area contributed by atoms with E-state index in [1.54, 1.807) is 5.49 Å². The summed E-state index contributed by atoms with van der Waals surface area (Å²) in [5.41, 5.74) is 1.80. The number of unbranched alkanes of at least 4 members (excludes halogenated alkanes) is 3. The SMILES string of the molecule is CCCCCCN(C=S)CCC. The van der Waals surface area contributed by atoms with Crippen molar-refractivity contribution in [1.82, 2.24) is 4.90 Å². The van der Waals surface area contributed by atoms with Gasteiger partial charge in [0, 0.05) is 13.1 Å². The van der Waals surface area contributed by atoms with E-state index in [2.05, 4.69) is 18.7 Å². The minimum Gasteiger partial charge on any atom is -0.369 e. The maximum Gasteiger partial charge on any atom is 0.0640 e. The highest BCUT2D eigenvalue weighted by Crippen LogP contribution is 2.00. The van der Waals surface area contributed by atoms with Gasteiger partial charge in [-0.15, -0.1) is 0 Å². The van der Waals surface area contributed by atoms with Gasteiger partial charge in [-0.2, -0.15) is 0 Å². The molecular formula is C10H21NS. The van der Waals surface area contributed by atoms with Crippen molar-refractivity contribution in [2.45, 2.75) is 46.0 Å². The van der Waals surface area contributed by atoms with Crippen LogP contribution in [0.4, 0.5) is 0 Å². The largest absolute Gasteiger partial charge is 0.369 e. The Morgan fingerprint density at radius 1 is 1.00 bits per heavy atom. The van der Waals surface area contributed by atoms with E-state index < -0.39 is 0 Å². The van der Waals surface area contributed by atoms with E-state index in [4.69, 9.17) is 12.2 Å². The van der Waals surface area contributed by atoms with Crippen molar-refractivity contribution >= 4 is 17.7 Å². The van der Waals surface area contributed by atoms with Crippen LogP contribution in [0.25, 0.3) is 0 Å². The molecule has 0 saturated heterocycles. The van der Waals surface area contributed by atoms with E-state index in [1.807, 2.05) is 0 Å². The molecule has 12 heavy (non-hydrogen) atoms. The lowest BCUT2D eigenvalue weighted by molar-refractivity contribution is 0.416. The van der Waals surface area contributed by atoms with Crippen molar-refractivity contribution in [2.75, 3.05) is 13.1 Å². The average Bonchev–Trinajstić information content (AvgIpc) is 2.10. The first-order chi connectivity index (χ1) is 5.85. The number of rotatable bonds is 8. The zero-order valence-corrected chi connectivity index (χ0v) is 9.20. The van der Waals surface area contributed by atoms with E-state index >= 15 is 0 Å². The summed E-state index contributed by atoms with van der Waals surface area (Å²) in [5, 5.41) is 0. The number of thiocarbonyl (C=S) groups is 1. The molecule has 2 heteroatoms. The molecule has 0 aromatic carbocycles. The van der Waals surface area contributed by atoms with Crippen molar-refractivity contribution in [3.8, 4) is 0 Å². The van der Waals surface area contributed by atoms with Crippen molar-refractivity contribution in [1.29, 1.82) is 0 Å². The molecule has 0 aromatic heterocycles. The minimum absolute atomic E-state index is 1.12. The second-order valence-electron chi connectivity index (χ2n) is 3.20. The summed E-state index contributed by atoms with van der Waals surface area (Å²) >= 11 is 4.92. The smallest absolute Gasteiger partial charge is 0.0640 e. The van der Waals surface area contributed by atoms with Crippen LogP contribution in [-0.2, 0) is 0 Å². The van der Waals surface area contributed by atoms with Crippen molar-refractivity contribution in [3.05, 3.63) is 0 Å². The van der Waals surface area contributed by atoms with Crippen molar-refractivity contribution < 1.29 is 0 Å². The Morgan fingerprint density at radius 3 is 2.25 bits per heavy atom. The van der Waals surface area contributed by atoms with Crippen molar-refractivity contribution in [2.24, 2.45) is 0 Å². The maximum atomic E-state index is 4.92. The summed E-state index contributed by atoms with van der Waals surface area (Å²) in [4.78, 5) is 2.24. The maximum absolute atomic E-state index is 4.92. The first kappa shape index (κ1) is 11.9. The van der Waals surface area contributed by atoms with Crippen LogP contribution in [0.15, 0.2) is 0 Å². The standard InChI is InChI=1S/C10H21NS/c1-3-5-6-7-9-11(10-12)8-4-2/h10H,3-9H2,1-2H3. The molecule has 0 unspecified atom stereocenters. The predicted molar refractivity (Wildman–Crippen MR) is 59.7 cm³/mol. The van der Waals surface area contributed by atoms with Crippen LogP contribution in [0.5, 0.6) is 0 Å². The highest BCUT2D eigenvalue weighted by Gasteiger charge is 1.96. The lowest BCUT2D eigenvalue weighted by Gasteiger charge is -2.17. The van der Waals surface area contributed by atoms with Crippen LogP contribution in [0.2, 0.25) is 0 Å². The van der Waals surface area contributed by atoms with E-state index in [1.165, 1.54) is 32.1 Å². The summed E-state index contributed by atoms with van der Waals surface area (Å²) < 4.78 is 0. The van der Waals surface area contributed by atoms with Gasteiger partial charge in [0.1, 0.15) is 0 Å². The van der Waals surface area contributed by atoms with Gasteiger partial charge in [-0.05, 0) is 12.8 Å². The molecule has 0 bridgehead atoms. The fourth-order valence-corrected chi connectivity index (χ4v) is 1.46. The van der Waals surface area contributed by atoms with Gasteiger partial charge in [-0.1, -0.05) is 45.3 Å². The Kier molecular flexibility index (Phi) is 8.90. The topological polar surface area (TPSA) is 3.24 Å². The Balaban J connectivity index is 3.25. The molecule has 0 rings (SSSR count). The first-order valence-corrected chi connectivity index (χ1v) is 5.51. The molecule has 0 aromatic rings. The molecular weight excluding hydrogens is 166 g/mol. The molecule has 0 aliphatic rings. The van der Waals surface area contributed by atoms with Crippen LogP contribution in [0.3, 0.4) is 0 Å². The van der Waals surface area contributed by atoms with Crippen LogP contribution in [0.1, 0.15) is 46.0 Å². The summed E-state index contributed by atoms with van der Waals surface area (Å²) in [6, 6.07) is 0. The fraction of sp³-hybridized carbons (Fsp3) is 0.900. The van der Waals surface area contributed by atoms with Gasteiger partial charge >= 0.3 is 0 Å². The normalized spacial score (nSPS) is 9.83. The third-order valence-corrected chi connectivity index (χ3v) is 2.26. The Labute approximate surface area is 82.1 Å². The van der Waals surface area contributed by atoms with E-state index in [-0.39, 0.29) is 0 Å². The lowest BCUT2D eigenvalue weighted by atomic mass is 10.2. The zero-order chi connectivity index (χ0) is 9.23. The molecule has 0 aliphatic carbocycles. The number of hydrogen-bond acceptors (Lipinski definition) is 1. The highest BCUT2D eigenvalue weighted by atomic mass is 32.1. The van der Waals surface area contributed by atoms with Gasteiger partial charge in [-0.3, -0.25) is 0 Å². The van der Waals surface area contributed by atoms with Gasteiger partial charge in [0.15, 0.2) is 0 Å². The molecule has 0 atom stereocenters. The van der Waals surface area contributed by atoms with Gasteiger partial charge in [-0.25, -0.2) is 0 Å². The number of nitrogens with zero attached hydrogens (tertiary/aromatic N) is 1.